The molecule has 2 saturated heterocycles. The molecule has 0 radical (unpaired) electrons. The molecule has 0 unspecified atom stereocenters. The molecule has 0 bridgehead atoms. The Morgan fingerprint density at radius 1 is 0.767 bits per heavy atom. The first kappa shape index (κ1) is 61.6. The lowest BCUT2D eigenvalue weighted by Crippen LogP contribution is -2.51. The van der Waals surface area contributed by atoms with Gasteiger partial charge >= 0.3 is 12.1 Å². The number of hydrogen-bond donors (Lipinski definition) is 3. The number of carbonyl (C=O) groups is 3. The number of amides is 3. The van der Waals surface area contributed by atoms with Gasteiger partial charge in [0, 0.05) is 105 Å². The first-order valence-corrected chi connectivity index (χ1v) is 31.5. The Hall–Kier alpha value is -7.50. The second kappa shape index (κ2) is 27.0. The number of aromatic nitrogens is 5. The van der Waals surface area contributed by atoms with Gasteiger partial charge in [0.25, 0.3) is 11.5 Å². The summed E-state index contributed by atoms with van der Waals surface area (Å²) < 4.78 is 24.0. The quantitative estimate of drug-likeness (QED) is 0.0541. The van der Waals surface area contributed by atoms with Gasteiger partial charge in [-0.2, -0.15) is 5.10 Å². The van der Waals surface area contributed by atoms with E-state index in [1.807, 2.05) is 104 Å². The molecule has 3 N–H and O–H groups in total. The molecule has 0 spiro atoms. The van der Waals surface area contributed by atoms with E-state index in [9.17, 15) is 34.5 Å². The summed E-state index contributed by atoms with van der Waals surface area (Å²) in [6.07, 6.45) is 2.40. The van der Waals surface area contributed by atoms with Crippen LogP contribution in [-0.2, 0) is 35.8 Å². The van der Waals surface area contributed by atoms with Crippen LogP contribution in [0, 0.1) is 11.7 Å². The summed E-state index contributed by atoms with van der Waals surface area (Å²) >= 11 is 0. The molecule has 5 aromatic carbocycles. The van der Waals surface area contributed by atoms with Gasteiger partial charge < -0.3 is 39.7 Å². The highest BCUT2D eigenvalue weighted by atomic mass is 33.1. The number of likely N-dealkylation sites (N-methyl/N-ethyl adjacent to an activating group) is 1. The molecular weight excluding hydrogens is 1130 g/mol. The van der Waals surface area contributed by atoms with Crippen LogP contribution in [0.25, 0.3) is 27.8 Å². The third-order valence-electron chi connectivity index (χ3n) is 16.2. The molecule has 4 heterocycles. The summed E-state index contributed by atoms with van der Waals surface area (Å²) in [7, 11) is 7.36. The molecule has 454 valence electrons. The summed E-state index contributed by atoms with van der Waals surface area (Å²) in [6.45, 7) is 16.1. The van der Waals surface area contributed by atoms with Crippen LogP contribution in [0.15, 0.2) is 113 Å². The number of phenolic OH excluding ortho intramolecular Hbond substituents is 2. The van der Waals surface area contributed by atoms with E-state index in [0.717, 1.165) is 74.6 Å². The highest BCUT2D eigenvalue weighted by Crippen LogP contribution is 2.43. The van der Waals surface area contributed by atoms with Gasteiger partial charge in [-0.15, -0.1) is 5.10 Å². The first-order chi connectivity index (χ1) is 41.3. The maximum absolute atomic E-state index is 15.4. The van der Waals surface area contributed by atoms with Gasteiger partial charge in [-0.3, -0.25) is 24.2 Å². The summed E-state index contributed by atoms with van der Waals surface area (Å²) in [5.41, 5.74) is 4.31. The molecule has 22 heteroatoms. The van der Waals surface area contributed by atoms with E-state index < -0.39 is 17.8 Å². The van der Waals surface area contributed by atoms with Gasteiger partial charge in [0.15, 0.2) is 5.82 Å². The fraction of sp³-hybridized carbons (Fsp3) is 0.422. The molecule has 3 amide bonds. The van der Waals surface area contributed by atoms with Crippen LogP contribution < -0.4 is 5.56 Å². The number of benzene rings is 5. The van der Waals surface area contributed by atoms with Crippen molar-refractivity contribution in [1.82, 2.24) is 53.9 Å². The van der Waals surface area contributed by atoms with Gasteiger partial charge in [0.1, 0.15) is 30.6 Å². The fourth-order valence-electron chi connectivity index (χ4n) is 10.8. The minimum atomic E-state index is -0.641. The summed E-state index contributed by atoms with van der Waals surface area (Å²) in [6, 6.07) is 30.1. The third-order valence-corrected chi connectivity index (χ3v) is 19.5. The van der Waals surface area contributed by atoms with Gasteiger partial charge in [0.2, 0.25) is 5.91 Å². The number of piperazine rings is 2. The van der Waals surface area contributed by atoms with Crippen molar-refractivity contribution < 1.29 is 38.8 Å². The molecule has 1 saturated carbocycles. The number of nitrogens with zero attached hydrogens (tertiary/aromatic N) is 11. The molecule has 3 aliphatic rings. The van der Waals surface area contributed by atoms with Crippen LogP contribution in [0.5, 0.6) is 17.5 Å². The Bertz CT molecular complexity index is 3620. The minimum absolute atomic E-state index is 0.000314. The zero-order valence-electron chi connectivity index (χ0n) is 49.7. The molecule has 7 aromatic rings. The molecule has 2 aliphatic heterocycles. The molecule has 3 fully saturated rings. The Kier molecular flexibility index (Phi) is 19.4. The van der Waals surface area contributed by atoms with Crippen molar-refractivity contribution in [3.8, 4) is 34.6 Å². The molecule has 0 atom stereocenters. The average Bonchev–Trinajstić information content (AvgIpc) is 1.80. The topological polar surface area (TPSA) is 206 Å². The van der Waals surface area contributed by atoms with E-state index in [1.165, 1.54) is 26.3 Å². The summed E-state index contributed by atoms with van der Waals surface area (Å²) in [5.74, 6) is -0.744. The number of phenols is 2. The molecular formula is C64H76FN11O8S2. The molecule has 10 rings (SSSR count). The smallest absolute Gasteiger partial charge is 0.411 e. The standard InChI is InChI=1S/C64H76FN11O8S2/c1-42(2)51-37-53(57(78)38-56(51)77)58-66-67-62(82)76(58)47-18-11-43(12-19-47)39-71-28-26-70(27-29-71)24-23-64(3,4)86-85-48-20-13-44(14-21-48)40-84-63(83)74(30-25-69(5)6)41-75-61(81)50-10-8-7-9-49(50)55(68-75)36-45-15-22-54(65)52(35-45)60(80)73-33-31-72(32-34-73)59(79)46-16-17-46/h7-15,18-22,35,37-38,42,46,77-78H,16-17,23-34,36,39-41H2,1-6H3,(H,67,82). The summed E-state index contributed by atoms with van der Waals surface area (Å²) in [5, 5.41) is 45.7. The van der Waals surface area contributed by atoms with Gasteiger partial charge in [0.05, 0.1) is 27.9 Å². The van der Waals surface area contributed by atoms with E-state index in [4.69, 9.17) is 9.84 Å². The second-order valence-electron chi connectivity index (χ2n) is 23.8. The Labute approximate surface area is 508 Å². The predicted octanol–water partition coefficient (Wildman–Crippen LogP) is 9.19. The van der Waals surface area contributed by atoms with Crippen molar-refractivity contribution in [2.24, 2.45) is 5.92 Å². The molecule has 19 nitrogen and oxygen atoms in total. The van der Waals surface area contributed by atoms with Crippen LogP contribution in [0.1, 0.15) is 91.2 Å². The lowest BCUT2D eigenvalue weighted by atomic mass is 9.98. The molecule has 1 aliphatic carbocycles. The minimum Gasteiger partial charge on any atom is -0.508 e. The average molecular weight is 1210 g/mol. The maximum Gasteiger partial charge on any atom is 0.411 e. The lowest BCUT2D eigenvalue weighted by Gasteiger charge is -2.36. The summed E-state index contributed by atoms with van der Waals surface area (Å²) in [4.78, 5) is 67.2. The third kappa shape index (κ3) is 15.0. The van der Waals surface area contributed by atoms with E-state index in [0.29, 0.717) is 71.6 Å². The Morgan fingerprint density at radius 3 is 2.12 bits per heavy atom. The number of aromatic hydroxyl groups is 3. The number of carbonyl (C=O) groups excluding carboxylic acids is 3. The van der Waals surface area contributed by atoms with Gasteiger partial charge in [-0.1, -0.05) is 89.1 Å². The van der Waals surface area contributed by atoms with Crippen LogP contribution in [0.4, 0.5) is 9.18 Å². The van der Waals surface area contributed by atoms with Crippen molar-refractivity contribution in [2.75, 3.05) is 86.1 Å². The number of hydrogen-bond acceptors (Lipinski definition) is 16. The molecule has 2 aromatic heterocycles. The predicted molar refractivity (Wildman–Crippen MR) is 332 cm³/mol. The van der Waals surface area contributed by atoms with Crippen LogP contribution >= 0.6 is 21.6 Å². The van der Waals surface area contributed by atoms with E-state index in [-0.39, 0.29) is 83.2 Å². The SMILES string of the molecule is CC(C)c1cc(-c2nnc(O)n2-c2ccc(CN3CCN(CCC(C)(C)SSc4ccc(COC(=O)N(CCN(C)C)Cn5nc(Cc6ccc(F)c(C(=O)N7CCN(C(=O)C8CC8)CC7)c6)c6ccccc6c5=O)cc4)CC3)cc2)c(O)cc1O. The number of rotatable bonds is 22. The van der Waals surface area contributed by atoms with Crippen molar-refractivity contribution in [1.29, 1.82) is 0 Å². The van der Waals surface area contributed by atoms with Gasteiger partial charge in [-0.05, 0) is 130 Å². The van der Waals surface area contributed by atoms with Crippen molar-refractivity contribution in [2.45, 2.75) is 88.8 Å². The zero-order chi connectivity index (χ0) is 60.8. The lowest BCUT2D eigenvalue weighted by molar-refractivity contribution is -0.134. The van der Waals surface area contributed by atoms with Gasteiger partial charge in [-0.25, -0.2) is 18.4 Å². The van der Waals surface area contributed by atoms with Crippen LogP contribution in [-0.4, -0.2) is 178 Å². The van der Waals surface area contributed by atoms with Crippen molar-refractivity contribution in [3.05, 3.63) is 153 Å². The number of halogens is 1. The first-order valence-electron chi connectivity index (χ1n) is 29.4. The highest BCUT2D eigenvalue weighted by Gasteiger charge is 2.36. The number of ether oxygens (including phenoxy) is 1. The molecule has 86 heavy (non-hydrogen) atoms. The normalized spacial score (nSPS) is 15.3. The highest BCUT2D eigenvalue weighted by molar-refractivity contribution is 8.77. The largest absolute Gasteiger partial charge is 0.508 e. The number of fused-ring (bicyclic) bond motifs is 1. The zero-order valence-corrected chi connectivity index (χ0v) is 51.3. The van der Waals surface area contributed by atoms with Crippen LogP contribution in [0.3, 0.4) is 0 Å². The van der Waals surface area contributed by atoms with E-state index in [2.05, 4.69) is 33.8 Å². The second-order valence-corrected chi connectivity index (χ2v) is 26.7. The van der Waals surface area contributed by atoms with Crippen molar-refractivity contribution >= 4 is 50.3 Å². The maximum atomic E-state index is 15.4. The Balaban J connectivity index is 0.691. The van der Waals surface area contributed by atoms with E-state index >= 15 is 4.39 Å². The monoisotopic (exact) mass is 1210 g/mol. The Morgan fingerprint density at radius 2 is 1.43 bits per heavy atom. The fourth-order valence-corrected chi connectivity index (χ4v) is 13.1. The van der Waals surface area contributed by atoms with Crippen molar-refractivity contribution in [3.63, 3.8) is 0 Å². The van der Waals surface area contributed by atoms with E-state index in [1.54, 1.807) is 50.9 Å². The van der Waals surface area contributed by atoms with Crippen LogP contribution in [0.2, 0.25) is 0 Å².